The molecule has 3 aromatic rings. The van der Waals surface area contributed by atoms with Gasteiger partial charge < -0.3 is 19.3 Å². The summed E-state index contributed by atoms with van der Waals surface area (Å²) in [5.41, 5.74) is 2.80. The van der Waals surface area contributed by atoms with Gasteiger partial charge >= 0.3 is 0 Å². The Morgan fingerprint density at radius 1 is 1.19 bits per heavy atom. The minimum atomic E-state index is -0.445. The predicted molar refractivity (Wildman–Crippen MR) is 141 cm³/mol. The number of aryl methyl sites for hydroxylation is 1. The van der Waals surface area contributed by atoms with Gasteiger partial charge in [0.05, 0.1) is 36.3 Å². The van der Waals surface area contributed by atoms with E-state index >= 15 is 0 Å². The molecule has 1 N–H and O–H groups in total. The van der Waals surface area contributed by atoms with Crippen molar-refractivity contribution < 1.29 is 19.3 Å². The molecule has 4 rings (SSSR count). The number of hydrogen-bond donors (Lipinski definition) is 1. The van der Waals surface area contributed by atoms with Crippen LogP contribution in [0.2, 0.25) is 0 Å². The number of allylic oxidation sites excluding steroid dienone is 1. The first kappa shape index (κ1) is 25.9. The van der Waals surface area contributed by atoms with E-state index in [9.17, 15) is 5.11 Å². The lowest BCUT2D eigenvalue weighted by Crippen LogP contribution is -2.37. The van der Waals surface area contributed by atoms with E-state index in [-0.39, 0.29) is 6.10 Å². The smallest absolute Gasteiger partial charge is 0.227 e. The third-order valence-corrected chi connectivity index (χ3v) is 6.45. The second kappa shape index (κ2) is 12.7. The molecule has 36 heavy (non-hydrogen) atoms. The van der Waals surface area contributed by atoms with Gasteiger partial charge in [-0.05, 0) is 69.0 Å². The molecule has 0 amide bonds. The molecular weight excluding hydrogens is 454 g/mol. The van der Waals surface area contributed by atoms with E-state index < -0.39 is 6.10 Å². The Bertz CT molecular complexity index is 1090. The average molecular weight is 492 g/mol. The maximum Gasteiger partial charge on any atom is 0.227 e. The molecule has 1 aliphatic heterocycles. The summed E-state index contributed by atoms with van der Waals surface area (Å²) >= 11 is 0. The number of benzene rings is 2. The molecule has 0 unspecified atom stereocenters. The van der Waals surface area contributed by atoms with Crippen LogP contribution in [0.5, 0.6) is 17.4 Å². The summed E-state index contributed by atoms with van der Waals surface area (Å²) < 4.78 is 19.6. The van der Waals surface area contributed by atoms with Gasteiger partial charge in [0, 0.05) is 26.2 Å². The number of nitrogens with zero attached hydrogens (tertiary/aromatic N) is 3. The molecule has 0 radical (unpaired) electrons. The molecular formula is C29H37N3O4. The van der Waals surface area contributed by atoms with E-state index in [0.29, 0.717) is 31.1 Å². The summed E-state index contributed by atoms with van der Waals surface area (Å²) in [7, 11) is 1.65. The minimum Gasteiger partial charge on any atom is -0.497 e. The standard InChI is InChI=1S/C29H37N3O4/c1-4-5-12-24(33)19-31(20-27-13-9-18-35-27)21-28-22(2)30-32(23-10-7-6-8-11-23)29(28)36-26-16-14-25(34-3)15-17-26/h4,6-8,10-11,14-17,24,27,33H,1,5,9,12-13,18-21H2,2-3H3/t24-,27-/m1/s1. The van der Waals surface area contributed by atoms with Crippen LogP contribution in [0.25, 0.3) is 5.69 Å². The van der Waals surface area contributed by atoms with Crippen LogP contribution in [0.4, 0.5) is 0 Å². The normalized spacial score (nSPS) is 16.3. The topological polar surface area (TPSA) is 69.0 Å². The molecule has 1 aromatic heterocycles. The average Bonchev–Trinajstić information content (AvgIpc) is 3.52. The highest BCUT2D eigenvalue weighted by Gasteiger charge is 2.25. The van der Waals surface area contributed by atoms with E-state index in [1.54, 1.807) is 7.11 Å². The number of ether oxygens (including phenoxy) is 3. The zero-order valence-corrected chi connectivity index (χ0v) is 21.3. The minimum absolute atomic E-state index is 0.173. The number of para-hydroxylation sites is 1. The molecule has 2 atom stereocenters. The van der Waals surface area contributed by atoms with Crippen molar-refractivity contribution in [2.24, 2.45) is 0 Å². The maximum absolute atomic E-state index is 10.7. The molecule has 2 heterocycles. The van der Waals surface area contributed by atoms with Crippen LogP contribution in [0.1, 0.15) is 36.9 Å². The molecule has 0 spiro atoms. The second-order valence-corrected chi connectivity index (χ2v) is 9.24. The van der Waals surface area contributed by atoms with Gasteiger partial charge in [0.1, 0.15) is 11.5 Å². The molecule has 1 aliphatic rings. The molecule has 7 nitrogen and oxygen atoms in total. The van der Waals surface area contributed by atoms with Gasteiger partial charge in [-0.15, -0.1) is 6.58 Å². The molecule has 0 saturated carbocycles. The van der Waals surface area contributed by atoms with E-state index in [4.69, 9.17) is 19.3 Å². The maximum atomic E-state index is 10.7. The summed E-state index contributed by atoms with van der Waals surface area (Å²) in [6.07, 6.45) is 5.16. The van der Waals surface area contributed by atoms with Gasteiger partial charge in [0.15, 0.2) is 0 Å². The number of methoxy groups -OCH3 is 1. The number of hydrogen-bond acceptors (Lipinski definition) is 6. The Morgan fingerprint density at radius 2 is 1.94 bits per heavy atom. The Kier molecular flexibility index (Phi) is 9.17. The van der Waals surface area contributed by atoms with E-state index in [1.807, 2.05) is 72.3 Å². The first-order valence-electron chi connectivity index (χ1n) is 12.7. The van der Waals surface area contributed by atoms with Crippen molar-refractivity contribution in [2.75, 3.05) is 26.8 Å². The molecule has 1 saturated heterocycles. The highest BCUT2D eigenvalue weighted by Crippen LogP contribution is 2.32. The molecule has 192 valence electrons. The Balaban J connectivity index is 1.65. The zero-order chi connectivity index (χ0) is 25.3. The van der Waals surface area contributed by atoms with Crippen molar-refractivity contribution in [3.05, 3.63) is 78.5 Å². The Hall–Kier alpha value is -3.13. The summed E-state index contributed by atoms with van der Waals surface area (Å²) in [6, 6.07) is 17.5. The number of aliphatic hydroxyl groups excluding tert-OH is 1. The molecule has 7 heteroatoms. The number of aromatic nitrogens is 2. The van der Waals surface area contributed by atoms with Crippen LogP contribution >= 0.6 is 0 Å². The highest BCUT2D eigenvalue weighted by molar-refractivity contribution is 5.44. The summed E-state index contributed by atoms with van der Waals surface area (Å²) in [4.78, 5) is 2.27. The summed E-state index contributed by atoms with van der Waals surface area (Å²) in [6.45, 7) is 8.49. The van der Waals surface area contributed by atoms with E-state index in [2.05, 4.69) is 11.5 Å². The third kappa shape index (κ3) is 6.75. The fourth-order valence-electron chi connectivity index (χ4n) is 4.53. The van der Waals surface area contributed by atoms with Gasteiger partial charge in [0.2, 0.25) is 5.88 Å². The van der Waals surface area contributed by atoms with Crippen LogP contribution < -0.4 is 9.47 Å². The quantitative estimate of drug-likeness (QED) is 0.328. The Morgan fingerprint density at radius 3 is 2.61 bits per heavy atom. The van der Waals surface area contributed by atoms with Crippen LogP contribution in [-0.4, -0.2) is 58.8 Å². The second-order valence-electron chi connectivity index (χ2n) is 9.24. The first-order chi connectivity index (χ1) is 17.6. The summed E-state index contributed by atoms with van der Waals surface area (Å²) in [5, 5.41) is 15.6. The first-order valence-corrected chi connectivity index (χ1v) is 12.7. The van der Waals surface area contributed by atoms with Gasteiger partial charge in [-0.1, -0.05) is 24.3 Å². The number of rotatable bonds is 13. The van der Waals surface area contributed by atoms with Crippen LogP contribution in [0.15, 0.2) is 67.3 Å². The summed E-state index contributed by atoms with van der Waals surface area (Å²) in [5.74, 6) is 2.14. The van der Waals surface area contributed by atoms with Crippen molar-refractivity contribution in [1.82, 2.24) is 14.7 Å². The van der Waals surface area contributed by atoms with Gasteiger partial charge in [-0.25, -0.2) is 4.68 Å². The molecule has 0 aliphatic carbocycles. The van der Waals surface area contributed by atoms with Crippen molar-refractivity contribution in [3.63, 3.8) is 0 Å². The zero-order valence-electron chi connectivity index (χ0n) is 21.3. The highest BCUT2D eigenvalue weighted by atomic mass is 16.5. The Labute approximate surface area is 213 Å². The lowest BCUT2D eigenvalue weighted by molar-refractivity contribution is 0.0442. The SMILES string of the molecule is C=CCC[C@@H](O)CN(Cc1c(C)nn(-c2ccccc2)c1Oc1ccc(OC)cc1)C[C@H]1CCCO1. The molecule has 2 aromatic carbocycles. The molecule has 0 bridgehead atoms. The van der Waals surface area contributed by atoms with Crippen LogP contribution in [0, 0.1) is 6.92 Å². The monoisotopic (exact) mass is 491 g/mol. The van der Waals surface area contributed by atoms with E-state index in [1.165, 1.54) is 0 Å². The lowest BCUT2D eigenvalue weighted by Gasteiger charge is -2.27. The van der Waals surface area contributed by atoms with Gasteiger partial charge in [-0.3, -0.25) is 4.90 Å². The van der Waals surface area contributed by atoms with Crippen molar-refractivity contribution in [2.45, 2.75) is 51.4 Å². The third-order valence-electron chi connectivity index (χ3n) is 6.45. The van der Waals surface area contributed by atoms with E-state index in [0.717, 1.165) is 55.1 Å². The number of aliphatic hydroxyl groups is 1. The molecule has 1 fully saturated rings. The van der Waals surface area contributed by atoms with Gasteiger partial charge in [0.25, 0.3) is 0 Å². The van der Waals surface area contributed by atoms with Crippen molar-refractivity contribution in [1.29, 1.82) is 0 Å². The largest absolute Gasteiger partial charge is 0.497 e. The fourth-order valence-corrected chi connectivity index (χ4v) is 4.53. The van der Waals surface area contributed by atoms with Crippen LogP contribution in [-0.2, 0) is 11.3 Å². The predicted octanol–water partition coefficient (Wildman–Crippen LogP) is 5.29. The van der Waals surface area contributed by atoms with Gasteiger partial charge in [-0.2, -0.15) is 5.10 Å². The van der Waals surface area contributed by atoms with Crippen molar-refractivity contribution in [3.8, 4) is 23.1 Å². The fraction of sp³-hybridized carbons (Fsp3) is 0.414. The van der Waals surface area contributed by atoms with Crippen LogP contribution in [0.3, 0.4) is 0 Å². The van der Waals surface area contributed by atoms with Crippen molar-refractivity contribution >= 4 is 0 Å². The lowest BCUT2D eigenvalue weighted by atomic mass is 10.1.